The maximum atomic E-state index is 2.56. The maximum absolute atomic E-state index is 2.56. The minimum Gasteiger partial charge on any atom is -0.145 e. The van der Waals surface area contributed by atoms with Crippen LogP contribution in [0.3, 0.4) is 0 Å². The Hall–Kier alpha value is 0.130. The average molecular weight is 308 g/mol. The summed E-state index contributed by atoms with van der Waals surface area (Å²) in [7, 11) is 0.118. The van der Waals surface area contributed by atoms with Crippen molar-refractivity contribution < 1.29 is 0 Å². The van der Waals surface area contributed by atoms with Gasteiger partial charge in [-0.25, -0.2) is 0 Å². The Bertz CT molecular complexity index is 407. The van der Waals surface area contributed by atoms with Crippen LogP contribution in [0, 0.1) is 13.8 Å². The van der Waals surface area contributed by atoms with Crippen molar-refractivity contribution >= 4 is 24.6 Å². The van der Waals surface area contributed by atoms with Gasteiger partial charge in [-0.15, -0.1) is 11.3 Å². The first-order valence-electron chi connectivity index (χ1n) is 8.61. The largest absolute Gasteiger partial charge is 0.145 e. The standard InChI is InChI=1S/C18H29PS/c1-14-13-18(15(2)20-14)19(16-9-5-3-6-10-16)17-11-7-4-8-12-17/h13,16-17H,3-12H2,1-2H3. The Morgan fingerprint density at radius 3 is 1.75 bits per heavy atom. The highest BCUT2D eigenvalue weighted by atomic mass is 32.1. The van der Waals surface area contributed by atoms with E-state index in [0.29, 0.717) is 0 Å². The molecule has 1 heterocycles. The molecule has 0 atom stereocenters. The van der Waals surface area contributed by atoms with E-state index in [1.165, 1.54) is 69.1 Å². The van der Waals surface area contributed by atoms with Gasteiger partial charge in [0.15, 0.2) is 0 Å². The van der Waals surface area contributed by atoms with E-state index in [1.807, 2.05) is 11.3 Å². The molecule has 0 aliphatic heterocycles. The Morgan fingerprint density at radius 2 is 1.35 bits per heavy atom. The van der Waals surface area contributed by atoms with Crippen molar-refractivity contribution in [2.45, 2.75) is 89.4 Å². The first kappa shape index (κ1) is 15.0. The van der Waals surface area contributed by atoms with Gasteiger partial charge >= 0.3 is 0 Å². The third-order valence-electron chi connectivity index (χ3n) is 5.23. The van der Waals surface area contributed by atoms with Crippen LogP contribution >= 0.6 is 19.3 Å². The number of hydrogen-bond acceptors (Lipinski definition) is 1. The first-order chi connectivity index (χ1) is 9.75. The van der Waals surface area contributed by atoms with Gasteiger partial charge < -0.3 is 0 Å². The molecule has 1 aromatic heterocycles. The van der Waals surface area contributed by atoms with E-state index in [-0.39, 0.29) is 7.92 Å². The fourth-order valence-corrected chi connectivity index (χ4v) is 9.58. The molecule has 0 saturated heterocycles. The third-order valence-corrected chi connectivity index (χ3v) is 9.97. The van der Waals surface area contributed by atoms with Gasteiger partial charge in [-0.3, -0.25) is 0 Å². The Balaban J connectivity index is 1.87. The predicted octanol–water partition coefficient (Wildman–Crippen LogP) is 6.14. The van der Waals surface area contributed by atoms with Crippen LogP contribution in [0.2, 0.25) is 0 Å². The van der Waals surface area contributed by atoms with Crippen LogP contribution in [0.15, 0.2) is 6.07 Å². The monoisotopic (exact) mass is 308 g/mol. The predicted molar refractivity (Wildman–Crippen MR) is 94.1 cm³/mol. The number of rotatable bonds is 3. The molecule has 0 bridgehead atoms. The summed E-state index contributed by atoms with van der Waals surface area (Å²) >= 11 is 2.04. The summed E-state index contributed by atoms with van der Waals surface area (Å²) in [5.74, 6) is 0. The van der Waals surface area contributed by atoms with Crippen LogP contribution in [0.25, 0.3) is 0 Å². The molecule has 0 spiro atoms. The lowest BCUT2D eigenvalue weighted by atomic mass is 9.99. The Labute approximate surface area is 130 Å². The van der Waals surface area contributed by atoms with Gasteiger partial charge in [-0.1, -0.05) is 46.4 Å². The van der Waals surface area contributed by atoms with Crippen molar-refractivity contribution in [1.82, 2.24) is 0 Å². The summed E-state index contributed by atoms with van der Waals surface area (Å²) in [5.41, 5.74) is 2.10. The van der Waals surface area contributed by atoms with Gasteiger partial charge in [0.05, 0.1) is 0 Å². The van der Waals surface area contributed by atoms with Gasteiger partial charge in [0.1, 0.15) is 0 Å². The first-order valence-corrected chi connectivity index (χ1v) is 10.9. The zero-order chi connectivity index (χ0) is 13.9. The molecule has 3 rings (SSSR count). The van der Waals surface area contributed by atoms with Crippen molar-refractivity contribution in [3.05, 3.63) is 15.8 Å². The molecule has 2 aliphatic rings. The fourth-order valence-electron chi connectivity index (χ4n) is 4.28. The summed E-state index contributed by atoms with van der Waals surface area (Å²) in [6, 6.07) is 2.56. The van der Waals surface area contributed by atoms with E-state index in [2.05, 4.69) is 19.9 Å². The lowest BCUT2D eigenvalue weighted by Crippen LogP contribution is -2.26. The Kier molecular flexibility index (Phi) is 5.21. The average Bonchev–Trinajstić information content (AvgIpc) is 2.80. The van der Waals surface area contributed by atoms with Crippen molar-refractivity contribution in [3.8, 4) is 0 Å². The van der Waals surface area contributed by atoms with E-state index in [0.717, 1.165) is 11.3 Å². The SMILES string of the molecule is Cc1cc(P(C2CCCCC2)C2CCCCC2)c(C)s1. The van der Waals surface area contributed by atoms with Gasteiger partial charge in [0, 0.05) is 9.75 Å². The van der Waals surface area contributed by atoms with E-state index in [9.17, 15) is 0 Å². The number of hydrogen-bond donors (Lipinski definition) is 0. The molecule has 0 unspecified atom stereocenters. The third kappa shape index (κ3) is 3.30. The molecule has 0 nitrogen and oxygen atoms in total. The lowest BCUT2D eigenvalue weighted by Gasteiger charge is -2.38. The van der Waals surface area contributed by atoms with E-state index in [4.69, 9.17) is 0 Å². The molecular formula is C18H29PS. The van der Waals surface area contributed by atoms with E-state index < -0.39 is 0 Å². The summed E-state index contributed by atoms with van der Waals surface area (Å²) < 4.78 is 0. The van der Waals surface area contributed by atoms with Crippen LogP contribution in [0.1, 0.15) is 74.0 Å². The lowest BCUT2D eigenvalue weighted by molar-refractivity contribution is 0.487. The van der Waals surface area contributed by atoms with Gasteiger partial charge in [-0.05, 0) is 62.2 Å². The van der Waals surface area contributed by atoms with Crippen molar-refractivity contribution in [1.29, 1.82) is 0 Å². The highest BCUT2D eigenvalue weighted by Crippen LogP contribution is 2.55. The van der Waals surface area contributed by atoms with Crippen LogP contribution < -0.4 is 5.30 Å². The Morgan fingerprint density at radius 1 is 0.850 bits per heavy atom. The van der Waals surface area contributed by atoms with Crippen LogP contribution in [-0.2, 0) is 0 Å². The van der Waals surface area contributed by atoms with Gasteiger partial charge in [0.2, 0.25) is 0 Å². The van der Waals surface area contributed by atoms with E-state index >= 15 is 0 Å². The summed E-state index contributed by atoms with van der Waals surface area (Å²) in [5, 5.41) is 1.81. The van der Waals surface area contributed by atoms with Crippen LogP contribution in [0.4, 0.5) is 0 Å². The molecular weight excluding hydrogens is 279 g/mol. The van der Waals surface area contributed by atoms with Crippen molar-refractivity contribution in [2.24, 2.45) is 0 Å². The zero-order valence-electron chi connectivity index (χ0n) is 13.2. The quantitative estimate of drug-likeness (QED) is 0.588. The van der Waals surface area contributed by atoms with Crippen LogP contribution in [-0.4, -0.2) is 11.3 Å². The molecule has 0 aromatic carbocycles. The summed E-state index contributed by atoms with van der Waals surface area (Å²) in [4.78, 5) is 3.18. The second-order valence-electron chi connectivity index (χ2n) is 6.79. The molecule has 0 amide bonds. The minimum atomic E-state index is 0.118. The number of thiophene rings is 1. The second kappa shape index (κ2) is 6.93. The fraction of sp³-hybridized carbons (Fsp3) is 0.778. The summed E-state index contributed by atoms with van der Waals surface area (Å²) in [6.45, 7) is 4.68. The topological polar surface area (TPSA) is 0 Å². The second-order valence-corrected chi connectivity index (χ2v) is 11.0. The molecule has 112 valence electrons. The molecule has 2 heteroatoms. The molecule has 1 aromatic rings. The van der Waals surface area contributed by atoms with Crippen LogP contribution in [0.5, 0.6) is 0 Å². The molecule has 0 N–H and O–H groups in total. The molecule has 2 fully saturated rings. The highest BCUT2D eigenvalue weighted by molar-refractivity contribution is 7.67. The maximum Gasteiger partial charge on any atom is 0.00940 e. The number of aryl methyl sites for hydroxylation is 2. The normalized spacial score (nSPS) is 22.6. The molecule has 2 aliphatic carbocycles. The van der Waals surface area contributed by atoms with Gasteiger partial charge in [-0.2, -0.15) is 0 Å². The summed E-state index contributed by atoms with van der Waals surface area (Å²) in [6.07, 6.45) is 15.1. The molecule has 2 saturated carbocycles. The molecule has 20 heavy (non-hydrogen) atoms. The smallest absolute Gasteiger partial charge is 0.00940 e. The zero-order valence-corrected chi connectivity index (χ0v) is 14.9. The molecule has 0 radical (unpaired) electrons. The van der Waals surface area contributed by atoms with Crippen molar-refractivity contribution in [2.75, 3.05) is 0 Å². The van der Waals surface area contributed by atoms with Crippen molar-refractivity contribution in [3.63, 3.8) is 0 Å². The van der Waals surface area contributed by atoms with E-state index in [1.54, 1.807) is 10.2 Å². The van der Waals surface area contributed by atoms with Gasteiger partial charge in [0.25, 0.3) is 0 Å². The minimum absolute atomic E-state index is 0.118. The highest BCUT2D eigenvalue weighted by Gasteiger charge is 2.33.